The molecule has 0 amide bonds. The van der Waals surface area contributed by atoms with Gasteiger partial charge in [0.1, 0.15) is 12.0 Å². The van der Waals surface area contributed by atoms with Crippen LogP contribution < -0.4 is 0 Å². The van der Waals surface area contributed by atoms with Crippen LogP contribution >= 0.6 is 0 Å². The highest BCUT2D eigenvalue weighted by Crippen LogP contribution is 2.41. The van der Waals surface area contributed by atoms with Crippen LogP contribution in [-0.4, -0.2) is 33.1 Å². The van der Waals surface area contributed by atoms with E-state index in [2.05, 4.69) is 0 Å². The Hall–Kier alpha value is -2.02. The Morgan fingerprint density at radius 2 is 1.73 bits per heavy atom. The van der Waals surface area contributed by atoms with Gasteiger partial charge in [-0.15, -0.1) is 0 Å². The second kappa shape index (κ2) is 6.83. The molecule has 1 N–H and O–H groups in total. The van der Waals surface area contributed by atoms with Crippen LogP contribution in [0.1, 0.15) is 37.7 Å². The third kappa shape index (κ3) is 3.09. The fourth-order valence-electron chi connectivity index (χ4n) is 3.63. The maximum Gasteiger partial charge on any atom is 0.251 e. The van der Waals surface area contributed by atoms with Gasteiger partial charge in [0.25, 0.3) is 6.04 Å². The Balaban J connectivity index is 2.50. The van der Waals surface area contributed by atoms with Crippen LogP contribution in [0.5, 0.6) is 0 Å². The smallest absolute Gasteiger partial charge is 0.251 e. The molecule has 7 heteroatoms. The average molecular weight is 308 g/mol. The van der Waals surface area contributed by atoms with Crippen LogP contribution in [0.25, 0.3) is 0 Å². The molecular weight excluding hydrogens is 288 g/mol. The molecule has 22 heavy (non-hydrogen) atoms. The van der Waals surface area contributed by atoms with E-state index in [-0.39, 0.29) is 12.3 Å². The standard InChI is InChI=1S/C15H20N2O5/c1-2-6-11-9-12(18)15(17(21)22)13(14(11)16(19)20)10-7-4-3-5-8-10/h3-5,7-8,11-15,18H,2,6,9H2,1H3/t11-,12-,13-,14-,15-/m1/s1. The van der Waals surface area contributed by atoms with E-state index in [0.717, 1.165) is 6.42 Å². The summed E-state index contributed by atoms with van der Waals surface area (Å²) in [6, 6.07) is 6.12. The lowest BCUT2D eigenvalue weighted by Gasteiger charge is -2.36. The summed E-state index contributed by atoms with van der Waals surface area (Å²) in [4.78, 5) is 22.0. The molecule has 2 rings (SSSR count). The largest absolute Gasteiger partial charge is 0.386 e. The summed E-state index contributed by atoms with van der Waals surface area (Å²) in [6.45, 7) is 1.92. The fourth-order valence-corrected chi connectivity index (χ4v) is 3.63. The van der Waals surface area contributed by atoms with Crippen LogP contribution in [0, 0.1) is 26.1 Å². The zero-order valence-corrected chi connectivity index (χ0v) is 12.4. The van der Waals surface area contributed by atoms with Crippen LogP contribution in [0.4, 0.5) is 0 Å². The lowest BCUT2D eigenvalue weighted by atomic mass is 9.68. The molecule has 1 aromatic rings. The van der Waals surface area contributed by atoms with Crippen LogP contribution in [-0.2, 0) is 0 Å². The van der Waals surface area contributed by atoms with Gasteiger partial charge in [-0.05, 0) is 18.4 Å². The summed E-state index contributed by atoms with van der Waals surface area (Å²) in [5.74, 6) is -1.26. The molecule has 0 unspecified atom stereocenters. The zero-order chi connectivity index (χ0) is 16.3. The van der Waals surface area contributed by atoms with Crippen LogP contribution in [0.3, 0.4) is 0 Å². The average Bonchev–Trinajstić information content (AvgIpc) is 2.47. The maximum atomic E-state index is 11.6. The molecule has 1 aliphatic carbocycles. The third-order valence-corrected chi connectivity index (χ3v) is 4.49. The second-order valence-electron chi connectivity index (χ2n) is 5.84. The normalized spacial score (nSPS) is 31.6. The number of aliphatic hydroxyl groups is 1. The minimum absolute atomic E-state index is 0.106. The van der Waals surface area contributed by atoms with Crippen molar-refractivity contribution in [2.75, 3.05) is 0 Å². The van der Waals surface area contributed by atoms with Crippen molar-refractivity contribution in [3.05, 3.63) is 56.1 Å². The summed E-state index contributed by atoms with van der Waals surface area (Å²) in [6.07, 6.45) is 0.269. The van der Waals surface area contributed by atoms with Crippen molar-refractivity contribution in [3.63, 3.8) is 0 Å². The molecule has 0 heterocycles. The molecule has 0 spiro atoms. The Labute approximate surface area is 128 Å². The predicted molar refractivity (Wildman–Crippen MR) is 79.8 cm³/mol. The first kappa shape index (κ1) is 16.4. The van der Waals surface area contributed by atoms with Gasteiger partial charge in [-0.1, -0.05) is 43.7 Å². The van der Waals surface area contributed by atoms with Gasteiger partial charge in [-0.3, -0.25) is 20.2 Å². The van der Waals surface area contributed by atoms with Gasteiger partial charge in [-0.25, -0.2) is 0 Å². The predicted octanol–water partition coefficient (Wildman–Crippen LogP) is 2.24. The molecule has 1 saturated carbocycles. The van der Waals surface area contributed by atoms with Gasteiger partial charge < -0.3 is 5.11 Å². The van der Waals surface area contributed by atoms with E-state index < -0.39 is 34.0 Å². The van der Waals surface area contributed by atoms with E-state index in [0.29, 0.717) is 12.0 Å². The number of benzene rings is 1. The summed E-state index contributed by atoms with van der Waals surface area (Å²) in [7, 11) is 0. The number of hydrogen-bond acceptors (Lipinski definition) is 5. The first-order valence-electron chi connectivity index (χ1n) is 7.47. The topological polar surface area (TPSA) is 107 Å². The van der Waals surface area contributed by atoms with Crippen molar-refractivity contribution in [2.45, 2.75) is 50.3 Å². The molecule has 0 aliphatic heterocycles. The molecule has 0 saturated heterocycles. The van der Waals surface area contributed by atoms with Crippen molar-refractivity contribution in [3.8, 4) is 0 Å². The van der Waals surface area contributed by atoms with Crippen molar-refractivity contribution in [2.24, 2.45) is 5.92 Å². The zero-order valence-electron chi connectivity index (χ0n) is 12.4. The Bertz CT molecular complexity index is 536. The van der Waals surface area contributed by atoms with E-state index in [1.54, 1.807) is 30.3 Å². The molecule has 5 atom stereocenters. The summed E-state index contributed by atoms with van der Waals surface area (Å²) >= 11 is 0. The fraction of sp³-hybridized carbons (Fsp3) is 0.600. The SMILES string of the molecule is CCC[C@@H]1C[C@@H](O)[C@@H]([N+](=O)[O-])[C@H](c2ccccc2)[C@@H]1[N+](=O)[O-]. The van der Waals surface area contributed by atoms with Gasteiger partial charge in [-0.2, -0.15) is 0 Å². The molecule has 7 nitrogen and oxygen atoms in total. The number of aliphatic hydroxyl groups excluding tert-OH is 1. The Morgan fingerprint density at radius 1 is 1.14 bits per heavy atom. The van der Waals surface area contributed by atoms with E-state index in [1.807, 2.05) is 6.92 Å². The van der Waals surface area contributed by atoms with Crippen molar-refractivity contribution < 1.29 is 15.0 Å². The maximum absolute atomic E-state index is 11.6. The highest BCUT2D eigenvalue weighted by Gasteiger charge is 2.56. The first-order chi connectivity index (χ1) is 10.5. The van der Waals surface area contributed by atoms with Gasteiger partial charge in [0.2, 0.25) is 6.04 Å². The summed E-state index contributed by atoms with van der Waals surface area (Å²) < 4.78 is 0. The van der Waals surface area contributed by atoms with Crippen LogP contribution in [0.2, 0.25) is 0 Å². The minimum atomic E-state index is -1.34. The Kier molecular flexibility index (Phi) is 5.07. The van der Waals surface area contributed by atoms with Crippen molar-refractivity contribution in [1.82, 2.24) is 0 Å². The van der Waals surface area contributed by atoms with Gasteiger partial charge in [0.05, 0.1) is 0 Å². The molecule has 1 aliphatic rings. The number of rotatable bonds is 5. The highest BCUT2D eigenvalue weighted by atomic mass is 16.6. The monoisotopic (exact) mass is 308 g/mol. The van der Waals surface area contributed by atoms with Crippen molar-refractivity contribution in [1.29, 1.82) is 0 Å². The Morgan fingerprint density at radius 3 is 2.23 bits per heavy atom. The lowest BCUT2D eigenvalue weighted by Crippen LogP contribution is -2.54. The minimum Gasteiger partial charge on any atom is -0.386 e. The van der Waals surface area contributed by atoms with Crippen molar-refractivity contribution >= 4 is 0 Å². The molecule has 1 aromatic carbocycles. The van der Waals surface area contributed by atoms with E-state index in [4.69, 9.17) is 0 Å². The number of nitro groups is 2. The van der Waals surface area contributed by atoms with Crippen LogP contribution in [0.15, 0.2) is 30.3 Å². The molecule has 1 fully saturated rings. The summed E-state index contributed by atoms with van der Waals surface area (Å²) in [5, 5.41) is 33.2. The van der Waals surface area contributed by atoms with E-state index in [9.17, 15) is 25.3 Å². The number of nitrogens with zero attached hydrogens (tertiary/aromatic N) is 2. The first-order valence-corrected chi connectivity index (χ1v) is 7.47. The quantitative estimate of drug-likeness (QED) is 0.663. The lowest BCUT2D eigenvalue weighted by molar-refractivity contribution is -0.588. The second-order valence-corrected chi connectivity index (χ2v) is 5.84. The molecular formula is C15H20N2O5. The summed E-state index contributed by atoms with van der Waals surface area (Å²) in [5.41, 5.74) is 0.547. The highest BCUT2D eigenvalue weighted by molar-refractivity contribution is 5.24. The molecule has 0 radical (unpaired) electrons. The number of hydrogen-bond donors (Lipinski definition) is 1. The molecule has 120 valence electrons. The third-order valence-electron chi connectivity index (χ3n) is 4.49. The van der Waals surface area contributed by atoms with Gasteiger partial charge in [0.15, 0.2) is 0 Å². The van der Waals surface area contributed by atoms with Gasteiger partial charge in [0, 0.05) is 15.8 Å². The molecule has 0 aromatic heterocycles. The van der Waals surface area contributed by atoms with E-state index >= 15 is 0 Å². The van der Waals surface area contributed by atoms with E-state index in [1.165, 1.54) is 0 Å². The molecule has 0 bridgehead atoms. The van der Waals surface area contributed by atoms with Gasteiger partial charge >= 0.3 is 0 Å².